The van der Waals surface area contributed by atoms with Gasteiger partial charge in [0.25, 0.3) is 0 Å². The highest BCUT2D eigenvalue weighted by atomic mass is 28.3. The van der Waals surface area contributed by atoms with E-state index >= 15 is 4.39 Å². The Kier molecular flexibility index (Phi) is 8.04. The van der Waals surface area contributed by atoms with Gasteiger partial charge in [-0.2, -0.15) is 4.39 Å². The highest BCUT2D eigenvalue weighted by Crippen LogP contribution is 2.31. The molecule has 0 bridgehead atoms. The Morgan fingerprint density at radius 2 is 1.90 bits per heavy atom. The summed E-state index contributed by atoms with van der Waals surface area (Å²) in [6, 6.07) is 9.12. The molecule has 4 aromatic rings. The summed E-state index contributed by atoms with van der Waals surface area (Å²) in [6.45, 7) is 7.95. The number of amides is 1. The lowest BCUT2D eigenvalue weighted by atomic mass is 10.1. The highest BCUT2D eigenvalue weighted by Gasteiger charge is 2.22. The van der Waals surface area contributed by atoms with Crippen LogP contribution in [0.15, 0.2) is 48.8 Å². The van der Waals surface area contributed by atoms with Gasteiger partial charge in [-0.1, -0.05) is 19.6 Å². The summed E-state index contributed by atoms with van der Waals surface area (Å²) in [5.74, 6) is -1.00. The molecule has 1 amide bonds. The quantitative estimate of drug-likeness (QED) is 0.159. The van der Waals surface area contributed by atoms with E-state index in [0.717, 1.165) is 18.9 Å². The standard InChI is InChI=1S/C29H33F3N4O3Si/c1-40(2,3)9-8-38-18-35-16-25(28(32)34-35)24-12-21-6-7-36(27(21)14-26(24)31)29(37)33-15-20-10-22(30)13-23(11-20)39-17-19-4-5-19/h6-7,10-14,16,19H,4-5,8-9,15,17-18H2,1-3H3,(H,33,37). The minimum Gasteiger partial charge on any atom is -0.493 e. The van der Waals surface area contributed by atoms with Gasteiger partial charge in [0.1, 0.15) is 24.1 Å². The number of nitrogens with zero attached hydrogens (tertiary/aromatic N) is 3. The summed E-state index contributed by atoms with van der Waals surface area (Å²) < 4.78 is 57.8. The summed E-state index contributed by atoms with van der Waals surface area (Å²) >= 11 is 0. The van der Waals surface area contributed by atoms with E-state index in [4.69, 9.17) is 9.47 Å². The zero-order valence-corrected chi connectivity index (χ0v) is 23.8. The minimum atomic E-state index is -1.25. The number of carbonyl (C=O) groups excluding carboxylic acids is 1. The zero-order chi connectivity index (χ0) is 28.4. The molecule has 2 aromatic carbocycles. The molecular formula is C29H33F3N4O3Si. The second-order valence-electron chi connectivity index (χ2n) is 11.5. The van der Waals surface area contributed by atoms with Gasteiger partial charge in [-0.05, 0) is 60.7 Å². The molecule has 2 heterocycles. The fourth-order valence-electron chi connectivity index (χ4n) is 4.29. The summed E-state index contributed by atoms with van der Waals surface area (Å²) in [5.41, 5.74) is 0.904. The van der Waals surface area contributed by atoms with E-state index in [0.29, 0.717) is 41.3 Å². The Balaban J connectivity index is 1.26. The number of halogens is 3. The molecule has 1 fully saturated rings. The topological polar surface area (TPSA) is 70.3 Å². The maximum Gasteiger partial charge on any atom is 0.326 e. The van der Waals surface area contributed by atoms with Gasteiger partial charge in [0.15, 0.2) is 0 Å². The van der Waals surface area contributed by atoms with Crippen molar-refractivity contribution in [3.8, 4) is 16.9 Å². The van der Waals surface area contributed by atoms with Crippen LogP contribution in [0.2, 0.25) is 25.7 Å². The van der Waals surface area contributed by atoms with Crippen molar-refractivity contribution in [2.45, 2.75) is 51.8 Å². The molecular weight excluding hydrogens is 537 g/mol. The van der Waals surface area contributed by atoms with Crippen molar-refractivity contribution in [2.75, 3.05) is 13.2 Å². The van der Waals surface area contributed by atoms with Gasteiger partial charge in [0.05, 0.1) is 17.7 Å². The number of aromatic nitrogens is 3. The Hall–Kier alpha value is -3.57. The van der Waals surface area contributed by atoms with Crippen LogP contribution in [0.3, 0.4) is 0 Å². The van der Waals surface area contributed by atoms with Gasteiger partial charge in [0.2, 0.25) is 5.95 Å². The first-order valence-electron chi connectivity index (χ1n) is 13.4. The predicted octanol–water partition coefficient (Wildman–Crippen LogP) is 6.78. The van der Waals surface area contributed by atoms with Crippen LogP contribution in [-0.4, -0.2) is 41.7 Å². The third-order valence-corrected chi connectivity index (χ3v) is 8.49. The van der Waals surface area contributed by atoms with Gasteiger partial charge >= 0.3 is 6.03 Å². The molecule has 0 spiro atoms. The number of benzene rings is 2. The van der Waals surface area contributed by atoms with E-state index < -0.39 is 31.7 Å². The third kappa shape index (κ3) is 6.94. The van der Waals surface area contributed by atoms with E-state index in [-0.39, 0.29) is 24.4 Å². The summed E-state index contributed by atoms with van der Waals surface area (Å²) in [4.78, 5) is 12.9. The molecule has 212 valence electrons. The maximum atomic E-state index is 15.2. The molecule has 0 saturated heterocycles. The van der Waals surface area contributed by atoms with Gasteiger partial charge in [-0.3, -0.25) is 4.57 Å². The number of fused-ring (bicyclic) bond motifs is 1. The van der Waals surface area contributed by atoms with E-state index in [9.17, 15) is 13.6 Å². The molecule has 11 heteroatoms. The summed E-state index contributed by atoms with van der Waals surface area (Å²) in [7, 11) is -1.25. The molecule has 1 saturated carbocycles. The Morgan fingerprint density at radius 3 is 2.65 bits per heavy atom. The van der Waals surface area contributed by atoms with Crippen LogP contribution in [0.25, 0.3) is 22.0 Å². The Bertz CT molecular complexity index is 1520. The van der Waals surface area contributed by atoms with Crippen molar-refractivity contribution in [1.82, 2.24) is 19.7 Å². The lowest BCUT2D eigenvalue weighted by Crippen LogP contribution is -2.27. The number of hydrogen-bond donors (Lipinski definition) is 1. The SMILES string of the molecule is C[Si](C)(C)CCOCn1cc(-c2cc3ccn(C(=O)NCc4cc(F)cc(OCC5CC5)c4)c3cc2F)c(F)n1. The largest absolute Gasteiger partial charge is 0.493 e. The van der Waals surface area contributed by atoms with Crippen molar-refractivity contribution < 1.29 is 27.4 Å². The van der Waals surface area contributed by atoms with E-state index in [1.807, 2.05) is 0 Å². The smallest absolute Gasteiger partial charge is 0.326 e. The number of rotatable bonds is 11. The van der Waals surface area contributed by atoms with E-state index in [2.05, 4.69) is 30.1 Å². The number of nitrogens with one attached hydrogen (secondary N) is 1. The molecule has 0 radical (unpaired) electrons. The lowest BCUT2D eigenvalue weighted by Gasteiger charge is -2.15. The molecule has 5 rings (SSSR count). The van der Waals surface area contributed by atoms with Crippen LogP contribution in [0, 0.1) is 23.5 Å². The maximum absolute atomic E-state index is 15.2. The van der Waals surface area contributed by atoms with Crippen molar-refractivity contribution in [3.05, 3.63) is 71.9 Å². The number of carbonyl (C=O) groups is 1. The highest BCUT2D eigenvalue weighted by molar-refractivity contribution is 6.76. The second-order valence-corrected chi connectivity index (χ2v) is 17.1. The van der Waals surface area contributed by atoms with Crippen LogP contribution >= 0.6 is 0 Å². The Morgan fingerprint density at radius 1 is 1.10 bits per heavy atom. The van der Waals surface area contributed by atoms with Crippen LogP contribution in [0.5, 0.6) is 5.75 Å². The number of ether oxygens (including phenoxy) is 2. The molecule has 0 atom stereocenters. The predicted molar refractivity (Wildman–Crippen MR) is 149 cm³/mol. The normalized spacial score (nSPS) is 13.7. The van der Waals surface area contributed by atoms with Crippen molar-refractivity contribution in [1.29, 1.82) is 0 Å². The van der Waals surface area contributed by atoms with Gasteiger partial charge in [0, 0.05) is 50.6 Å². The first kappa shape index (κ1) is 28.0. The van der Waals surface area contributed by atoms with Gasteiger partial charge in [-0.15, -0.1) is 5.10 Å². The molecule has 1 N–H and O–H groups in total. The average Bonchev–Trinajstić information content (AvgIpc) is 3.52. The zero-order valence-electron chi connectivity index (χ0n) is 22.8. The third-order valence-electron chi connectivity index (χ3n) is 6.78. The van der Waals surface area contributed by atoms with Crippen LogP contribution in [-0.2, 0) is 18.0 Å². The molecule has 1 aliphatic rings. The fraction of sp³-hybridized carbons (Fsp3) is 0.379. The first-order chi connectivity index (χ1) is 19.1. The van der Waals surface area contributed by atoms with Crippen LogP contribution in [0.4, 0.5) is 18.0 Å². The molecule has 7 nitrogen and oxygen atoms in total. The van der Waals surface area contributed by atoms with Crippen molar-refractivity contribution in [2.24, 2.45) is 5.92 Å². The summed E-state index contributed by atoms with van der Waals surface area (Å²) in [6.07, 6.45) is 5.17. The minimum absolute atomic E-state index is 0.0104. The molecule has 0 aliphatic heterocycles. The average molecular weight is 571 g/mol. The molecule has 0 unspecified atom stereocenters. The summed E-state index contributed by atoms with van der Waals surface area (Å²) in [5, 5.41) is 7.11. The molecule has 1 aliphatic carbocycles. The number of hydrogen-bond acceptors (Lipinski definition) is 4. The fourth-order valence-corrected chi connectivity index (χ4v) is 5.05. The van der Waals surface area contributed by atoms with Gasteiger partial charge < -0.3 is 14.8 Å². The first-order valence-corrected chi connectivity index (χ1v) is 17.1. The van der Waals surface area contributed by atoms with E-state index in [1.54, 1.807) is 12.1 Å². The van der Waals surface area contributed by atoms with Crippen LogP contribution < -0.4 is 10.1 Å². The van der Waals surface area contributed by atoms with E-state index in [1.165, 1.54) is 45.9 Å². The van der Waals surface area contributed by atoms with Crippen molar-refractivity contribution >= 4 is 25.0 Å². The van der Waals surface area contributed by atoms with Gasteiger partial charge in [-0.25, -0.2) is 18.3 Å². The van der Waals surface area contributed by atoms with Crippen LogP contribution in [0.1, 0.15) is 18.4 Å². The second kappa shape index (κ2) is 11.5. The Labute approximate surface area is 231 Å². The van der Waals surface area contributed by atoms with Crippen molar-refractivity contribution in [3.63, 3.8) is 0 Å². The molecule has 40 heavy (non-hydrogen) atoms. The molecule has 2 aromatic heterocycles. The lowest BCUT2D eigenvalue weighted by molar-refractivity contribution is 0.0774. The monoisotopic (exact) mass is 570 g/mol.